The van der Waals surface area contributed by atoms with Gasteiger partial charge in [0.15, 0.2) is 0 Å². The highest BCUT2D eigenvalue weighted by Gasteiger charge is 2.23. The molecule has 0 saturated heterocycles. The second kappa shape index (κ2) is 5.95. The third kappa shape index (κ3) is 4.75. The molecule has 1 rings (SSSR count). The fourth-order valence-corrected chi connectivity index (χ4v) is 3.51. The topological polar surface area (TPSA) is 72.2 Å². The third-order valence-corrected chi connectivity index (χ3v) is 5.19. The molecule has 0 fully saturated rings. The fourth-order valence-electron chi connectivity index (χ4n) is 1.39. The van der Waals surface area contributed by atoms with Crippen molar-refractivity contribution < 1.29 is 8.42 Å². The Bertz CT molecular complexity index is 424. The molecule has 1 aromatic heterocycles. The lowest BCUT2D eigenvalue weighted by molar-refractivity contribution is 0.508. The van der Waals surface area contributed by atoms with Crippen LogP contribution in [0, 0.1) is 0 Å². The maximum absolute atomic E-state index is 11.6. The smallest absolute Gasteiger partial charge is 0.211 e. The molecular formula is C11H20N2O2S2. The predicted octanol–water partition coefficient (Wildman–Crippen LogP) is 1.29. The van der Waals surface area contributed by atoms with Crippen LogP contribution >= 0.6 is 11.3 Å². The Balaban J connectivity index is 2.56. The SMILES string of the molecule is CC(C)(CNS(=O)(=O)CCCN)c1cccs1. The number of hydrogen-bond donors (Lipinski definition) is 2. The van der Waals surface area contributed by atoms with Crippen molar-refractivity contribution in [3.8, 4) is 0 Å². The van der Waals surface area contributed by atoms with Gasteiger partial charge in [0, 0.05) is 16.8 Å². The van der Waals surface area contributed by atoms with Gasteiger partial charge in [-0.15, -0.1) is 11.3 Å². The monoisotopic (exact) mass is 276 g/mol. The molecule has 0 spiro atoms. The minimum absolute atomic E-state index is 0.101. The van der Waals surface area contributed by atoms with Crippen molar-refractivity contribution in [1.29, 1.82) is 0 Å². The summed E-state index contributed by atoms with van der Waals surface area (Å²) in [7, 11) is -3.19. The van der Waals surface area contributed by atoms with E-state index in [0.717, 1.165) is 0 Å². The summed E-state index contributed by atoms with van der Waals surface area (Å²) in [6.45, 7) is 4.88. The van der Waals surface area contributed by atoms with Crippen LogP contribution in [0.2, 0.25) is 0 Å². The zero-order chi connectivity index (χ0) is 12.9. The molecule has 0 aliphatic carbocycles. The predicted molar refractivity (Wildman–Crippen MR) is 72.8 cm³/mol. The number of sulfonamides is 1. The van der Waals surface area contributed by atoms with Gasteiger partial charge in [-0.3, -0.25) is 0 Å². The lowest BCUT2D eigenvalue weighted by atomic mass is 9.92. The van der Waals surface area contributed by atoms with Gasteiger partial charge in [-0.25, -0.2) is 13.1 Å². The minimum Gasteiger partial charge on any atom is -0.330 e. The highest BCUT2D eigenvalue weighted by molar-refractivity contribution is 7.89. The van der Waals surface area contributed by atoms with Crippen LogP contribution in [0.15, 0.2) is 17.5 Å². The Hall–Kier alpha value is -0.430. The summed E-state index contributed by atoms with van der Waals surface area (Å²) in [4.78, 5) is 1.18. The molecule has 17 heavy (non-hydrogen) atoms. The van der Waals surface area contributed by atoms with Gasteiger partial charge in [0.2, 0.25) is 10.0 Å². The Morgan fingerprint density at radius 2 is 2.18 bits per heavy atom. The molecule has 4 nitrogen and oxygen atoms in total. The zero-order valence-electron chi connectivity index (χ0n) is 10.3. The molecule has 0 aromatic carbocycles. The first-order chi connectivity index (χ1) is 7.87. The van der Waals surface area contributed by atoms with E-state index in [9.17, 15) is 8.42 Å². The van der Waals surface area contributed by atoms with Gasteiger partial charge in [0.05, 0.1) is 5.75 Å². The number of hydrogen-bond acceptors (Lipinski definition) is 4. The maximum Gasteiger partial charge on any atom is 0.211 e. The molecule has 0 bridgehead atoms. The Labute approximate surface area is 107 Å². The third-order valence-electron chi connectivity index (χ3n) is 2.54. The van der Waals surface area contributed by atoms with Gasteiger partial charge in [0.25, 0.3) is 0 Å². The summed E-state index contributed by atoms with van der Waals surface area (Å²) in [6.07, 6.45) is 0.495. The molecule has 0 atom stereocenters. The summed E-state index contributed by atoms with van der Waals surface area (Å²) in [5.41, 5.74) is 5.13. The molecule has 98 valence electrons. The lowest BCUT2D eigenvalue weighted by Crippen LogP contribution is -2.37. The minimum atomic E-state index is -3.19. The molecule has 0 aliphatic rings. The van der Waals surface area contributed by atoms with Crippen LogP contribution in [0.5, 0.6) is 0 Å². The average molecular weight is 276 g/mol. The number of nitrogens with two attached hydrogens (primary N) is 1. The molecular weight excluding hydrogens is 256 g/mol. The van der Waals surface area contributed by atoms with Crippen LogP contribution in [0.25, 0.3) is 0 Å². The van der Waals surface area contributed by atoms with E-state index in [4.69, 9.17) is 5.73 Å². The second-order valence-electron chi connectivity index (χ2n) is 4.64. The molecule has 0 unspecified atom stereocenters. The molecule has 0 aliphatic heterocycles. The lowest BCUT2D eigenvalue weighted by Gasteiger charge is -2.23. The first-order valence-corrected chi connectivity index (χ1v) is 8.12. The van der Waals surface area contributed by atoms with Crippen molar-refractivity contribution in [2.75, 3.05) is 18.8 Å². The van der Waals surface area contributed by atoms with E-state index in [1.165, 1.54) is 4.88 Å². The van der Waals surface area contributed by atoms with Crippen molar-refractivity contribution in [1.82, 2.24) is 4.72 Å². The fraction of sp³-hybridized carbons (Fsp3) is 0.636. The summed E-state index contributed by atoms with van der Waals surface area (Å²) >= 11 is 1.64. The highest BCUT2D eigenvalue weighted by atomic mass is 32.2. The normalized spacial score (nSPS) is 12.9. The summed E-state index contributed by atoms with van der Waals surface area (Å²) in [5.74, 6) is 0.101. The summed E-state index contributed by atoms with van der Waals surface area (Å²) in [6, 6.07) is 4.00. The van der Waals surface area contributed by atoms with Gasteiger partial charge >= 0.3 is 0 Å². The van der Waals surface area contributed by atoms with Crippen molar-refractivity contribution in [2.24, 2.45) is 5.73 Å². The molecule has 0 saturated carbocycles. The van der Waals surface area contributed by atoms with E-state index < -0.39 is 10.0 Å². The quantitative estimate of drug-likeness (QED) is 0.788. The van der Waals surface area contributed by atoms with Crippen molar-refractivity contribution in [2.45, 2.75) is 25.7 Å². The van der Waals surface area contributed by atoms with E-state index in [1.807, 2.05) is 31.4 Å². The molecule has 3 N–H and O–H groups in total. The van der Waals surface area contributed by atoms with Crippen LogP contribution < -0.4 is 10.5 Å². The van der Waals surface area contributed by atoms with Gasteiger partial charge in [0.1, 0.15) is 0 Å². The van der Waals surface area contributed by atoms with Gasteiger partial charge in [-0.1, -0.05) is 19.9 Å². The molecule has 1 aromatic rings. The Kier molecular flexibility index (Phi) is 5.12. The van der Waals surface area contributed by atoms with Crippen molar-refractivity contribution in [3.05, 3.63) is 22.4 Å². The van der Waals surface area contributed by atoms with Crippen LogP contribution in [-0.4, -0.2) is 27.3 Å². The Morgan fingerprint density at radius 1 is 1.47 bits per heavy atom. The van der Waals surface area contributed by atoms with Crippen LogP contribution in [0.1, 0.15) is 25.1 Å². The Morgan fingerprint density at radius 3 is 2.71 bits per heavy atom. The molecule has 0 amide bonds. The van der Waals surface area contributed by atoms with Crippen LogP contribution in [-0.2, 0) is 15.4 Å². The van der Waals surface area contributed by atoms with Gasteiger partial charge in [-0.2, -0.15) is 0 Å². The van der Waals surface area contributed by atoms with Gasteiger partial charge < -0.3 is 5.73 Å². The van der Waals surface area contributed by atoms with E-state index >= 15 is 0 Å². The first-order valence-electron chi connectivity index (χ1n) is 5.59. The first kappa shape index (κ1) is 14.6. The number of thiophene rings is 1. The van der Waals surface area contributed by atoms with Crippen molar-refractivity contribution in [3.63, 3.8) is 0 Å². The second-order valence-corrected chi connectivity index (χ2v) is 7.52. The van der Waals surface area contributed by atoms with Crippen LogP contribution in [0.3, 0.4) is 0 Å². The molecule has 1 heterocycles. The molecule has 6 heteroatoms. The zero-order valence-corrected chi connectivity index (χ0v) is 11.9. The van der Waals surface area contributed by atoms with E-state index in [-0.39, 0.29) is 11.2 Å². The average Bonchev–Trinajstić information content (AvgIpc) is 2.78. The molecule has 0 radical (unpaired) electrons. The van der Waals surface area contributed by atoms with E-state index in [2.05, 4.69) is 4.72 Å². The standard InChI is InChI=1S/C11H20N2O2S2/c1-11(2,10-5-3-7-16-10)9-13-17(14,15)8-4-6-12/h3,5,7,13H,4,6,8-9,12H2,1-2H3. The van der Waals surface area contributed by atoms with E-state index in [1.54, 1.807) is 11.3 Å². The highest BCUT2D eigenvalue weighted by Crippen LogP contribution is 2.26. The van der Waals surface area contributed by atoms with E-state index in [0.29, 0.717) is 19.5 Å². The van der Waals surface area contributed by atoms with Crippen molar-refractivity contribution >= 4 is 21.4 Å². The maximum atomic E-state index is 11.6. The largest absolute Gasteiger partial charge is 0.330 e. The number of nitrogens with one attached hydrogen (secondary N) is 1. The summed E-state index contributed by atoms with van der Waals surface area (Å²) < 4.78 is 25.9. The number of rotatable bonds is 7. The van der Waals surface area contributed by atoms with Crippen LogP contribution in [0.4, 0.5) is 0 Å². The summed E-state index contributed by atoms with van der Waals surface area (Å²) in [5, 5.41) is 2.00. The van der Waals surface area contributed by atoms with Gasteiger partial charge in [-0.05, 0) is 24.4 Å².